The Labute approximate surface area is 134 Å². The lowest BCUT2D eigenvalue weighted by Crippen LogP contribution is -2.37. The molecule has 1 aromatic carbocycles. The summed E-state index contributed by atoms with van der Waals surface area (Å²) in [5.41, 5.74) is -0.391. The van der Waals surface area contributed by atoms with Crippen LogP contribution in [0.1, 0.15) is 12.0 Å². The molecule has 1 aromatic rings. The highest BCUT2D eigenvalue weighted by atomic mass is 16.6. The molecule has 0 saturated carbocycles. The summed E-state index contributed by atoms with van der Waals surface area (Å²) in [7, 11) is 1.41. The van der Waals surface area contributed by atoms with Crippen molar-refractivity contribution < 1.29 is 19.1 Å². The first kappa shape index (κ1) is 17.0. The first-order valence-electron chi connectivity index (χ1n) is 7.35. The van der Waals surface area contributed by atoms with Gasteiger partial charge in [-0.25, -0.2) is 0 Å². The van der Waals surface area contributed by atoms with E-state index in [-0.39, 0.29) is 17.0 Å². The van der Waals surface area contributed by atoms with Gasteiger partial charge in [-0.3, -0.25) is 15.0 Å². The maximum atomic E-state index is 11.1. The number of nitriles is 1. The van der Waals surface area contributed by atoms with Crippen molar-refractivity contribution in [2.45, 2.75) is 6.42 Å². The van der Waals surface area contributed by atoms with Gasteiger partial charge in [-0.15, -0.1) is 0 Å². The van der Waals surface area contributed by atoms with Gasteiger partial charge in [0.25, 0.3) is 5.69 Å². The van der Waals surface area contributed by atoms with Gasteiger partial charge in [0.05, 0.1) is 37.9 Å². The number of hydrogen-bond acceptors (Lipinski definition) is 7. The van der Waals surface area contributed by atoms with Crippen molar-refractivity contribution >= 4 is 5.69 Å². The van der Waals surface area contributed by atoms with Crippen molar-refractivity contribution in [1.82, 2.24) is 4.90 Å². The molecule has 0 aliphatic carbocycles. The first-order valence-corrected chi connectivity index (χ1v) is 7.35. The van der Waals surface area contributed by atoms with Crippen molar-refractivity contribution in [3.63, 3.8) is 0 Å². The Morgan fingerprint density at radius 3 is 2.78 bits per heavy atom. The monoisotopic (exact) mass is 321 g/mol. The summed E-state index contributed by atoms with van der Waals surface area (Å²) in [6.07, 6.45) is 0.760. The highest BCUT2D eigenvalue weighted by Gasteiger charge is 2.21. The van der Waals surface area contributed by atoms with Crippen LogP contribution in [0.4, 0.5) is 5.69 Å². The second kappa shape index (κ2) is 8.31. The maximum absolute atomic E-state index is 11.1. The van der Waals surface area contributed by atoms with Gasteiger partial charge in [0, 0.05) is 25.7 Å². The third-order valence-corrected chi connectivity index (χ3v) is 3.58. The largest absolute Gasteiger partial charge is 0.496 e. The molecule has 8 nitrogen and oxygen atoms in total. The molecule has 0 bridgehead atoms. The second-order valence-electron chi connectivity index (χ2n) is 5.04. The van der Waals surface area contributed by atoms with E-state index in [9.17, 15) is 15.4 Å². The predicted octanol–water partition coefficient (Wildman–Crippen LogP) is 1.58. The minimum Gasteiger partial charge on any atom is -0.496 e. The van der Waals surface area contributed by atoms with E-state index in [1.807, 2.05) is 6.07 Å². The van der Waals surface area contributed by atoms with Crippen molar-refractivity contribution in [3.05, 3.63) is 27.8 Å². The lowest BCUT2D eigenvalue weighted by molar-refractivity contribution is -0.385. The normalized spacial score (nSPS) is 15.0. The Morgan fingerprint density at radius 1 is 1.43 bits per heavy atom. The highest BCUT2D eigenvalue weighted by molar-refractivity contribution is 5.60. The molecular weight excluding hydrogens is 302 g/mol. The molecule has 1 aliphatic heterocycles. The van der Waals surface area contributed by atoms with Gasteiger partial charge in [-0.2, -0.15) is 5.26 Å². The van der Waals surface area contributed by atoms with Crippen LogP contribution in [0, 0.1) is 21.4 Å². The number of ether oxygens (including phenoxy) is 3. The summed E-state index contributed by atoms with van der Waals surface area (Å²) < 4.78 is 15.9. The number of nitrogens with zero attached hydrogens (tertiary/aromatic N) is 3. The van der Waals surface area contributed by atoms with Gasteiger partial charge in [-0.1, -0.05) is 0 Å². The fourth-order valence-corrected chi connectivity index (χ4v) is 2.36. The molecule has 8 heteroatoms. The van der Waals surface area contributed by atoms with E-state index in [1.165, 1.54) is 19.2 Å². The van der Waals surface area contributed by atoms with Crippen LogP contribution in [0.15, 0.2) is 12.1 Å². The second-order valence-corrected chi connectivity index (χ2v) is 5.04. The minimum absolute atomic E-state index is 0.0813. The van der Waals surface area contributed by atoms with E-state index >= 15 is 0 Å². The van der Waals surface area contributed by atoms with Gasteiger partial charge in [0.1, 0.15) is 17.6 Å². The standard InChI is InChI=1S/C15H19N3O5/c1-21-12-9-14(18(19)20)13(11-16)15(10-12)23-6-2-3-17-4-7-22-8-5-17/h9-10H,2-8H2,1H3. The van der Waals surface area contributed by atoms with Crippen LogP contribution < -0.4 is 9.47 Å². The predicted molar refractivity (Wildman–Crippen MR) is 81.7 cm³/mol. The number of nitro groups is 1. The number of nitro benzene ring substituents is 1. The topological polar surface area (TPSA) is 97.9 Å². The summed E-state index contributed by atoms with van der Waals surface area (Å²) in [5, 5.41) is 20.2. The summed E-state index contributed by atoms with van der Waals surface area (Å²) >= 11 is 0. The fraction of sp³-hybridized carbons (Fsp3) is 0.533. The van der Waals surface area contributed by atoms with Crippen LogP contribution in [0.25, 0.3) is 0 Å². The highest BCUT2D eigenvalue weighted by Crippen LogP contribution is 2.33. The lowest BCUT2D eigenvalue weighted by atomic mass is 10.1. The summed E-state index contributed by atoms with van der Waals surface area (Å²) in [6.45, 7) is 4.50. The third-order valence-electron chi connectivity index (χ3n) is 3.58. The van der Waals surface area contributed by atoms with E-state index < -0.39 is 4.92 Å². The molecule has 0 atom stereocenters. The summed E-state index contributed by atoms with van der Waals surface area (Å²) in [4.78, 5) is 12.7. The summed E-state index contributed by atoms with van der Waals surface area (Å²) in [5.74, 6) is 0.472. The third kappa shape index (κ3) is 4.55. The maximum Gasteiger partial charge on any atom is 0.294 e. The number of benzene rings is 1. The Balaban J connectivity index is 1.99. The smallest absolute Gasteiger partial charge is 0.294 e. The molecule has 0 N–H and O–H groups in total. The fourth-order valence-electron chi connectivity index (χ4n) is 2.36. The SMILES string of the molecule is COc1cc(OCCCN2CCOCC2)c(C#N)c([N+](=O)[O-])c1. The van der Waals surface area contributed by atoms with Crippen molar-refractivity contribution in [3.8, 4) is 17.6 Å². The number of methoxy groups -OCH3 is 1. The zero-order valence-corrected chi connectivity index (χ0v) is 13.0. The summed E-state index contributed by atoms with van der Waals surface area (Å²) in [6, 6.07) is 4.56. The van der Waals surface area contributed by atoms with Gasteiger partial charge in [0.2, 0.25) is 0 Å². The zero-order chi connectivity index (χ0) is 16.7. The Hall–Kier alpha value is -2.37. The Bertz CT molecular complexity index is 594. The van der Waals surface area contributed by atoms with Gasteiger partial charge in [-0.05, 0) is 6.42 Å². The molecule has 1 heterocycles. The van der Waals surface area contributed by atoms with Gasteiger partial charge >= 0.3 is 0 Å². The van der Waals surface area contributed by atoms with E-state index in [0.717, 1.165) is 39.3 Å². The molecule has 1 fully saturated rings. The van der Waals surface area contributed by atoms with E-state index in [0.29, 0.717) is 12.4 Å². The van der Waals surface area contributed by atoms with E-state index in [4.69, 9.17) is 14.2 Å². The zero-order valence-electron chi connectivity index (χ0n) is 13.0. The molecule has 0 spiro atoms. The van der Waals surface area contributed by atoms with Crippen molar-refractivity contribution in [1.29, 1.82) is 5.26 Å². The van der Waals surface area contributed by atoms with Crippen LogP contribution in [0.5, 0.6) is 11.5 Å². The molecule has 0 amide bonds. The van der Waals surface area contributed by atoms with E-state index in [1.54, 1.807) is 0 Å². The lowest BCUT2D eigenvalue weighted by Gasteiger charge is -2.26. The molecule has 23 heavy (non-hydrogen) atoms. The number of hydrogen-bond donors (Lipinski definition) is 0. The molecular formula is C15H19N3O5. The molecule has 2 rings (SSSR count). The first-order chi connectivity index (χ1) is 11.2. The van der Waals surface area contributed by atoms with Crippen molar-refractivity contribution in [2.24, 2.45) is 0 Å². The van der Waals surface area contributed by atoms with Gasteiger partial charge < -0.3 is 14.2 Å². The molecule has 0 unspecified atom stereocenters. The quantitative estimate of drug-likeness (QED) is 0.427. The Morgan fingerprint density at radius 2 is 2.17 bits per heavy atom. The average Bonchev–Trinajstić information content (AvgIpc) is 2.58. The minimum atomic E-state index is -0.609. The van der Waals surface area contributed by atoms with Crippen LogP contribution in [-0.2, 0) is 4.74 Å². The average molecular weight is 321 g/mol. The number of rotatable bonds is 7. The molecule has 1 aliphatic rings. The Kier molecular flexibility index (Phi) is 6.14. The van der Waals surface area contributed by atoms with Crippen molar-refractivity contribution in [2.75, 3.05) is 46.6 Å². The van der Waals surface area contributed by atoms with Crippen LogP contribution in [0.2, 0.25) is 0 Å². The van der Waals surface area contributed by atoms with E-state index in [2.05, 4.69) is 4.90 Å². The van der Waals surface area contributed by atoms with Gasteiger partial charge in [0.15, 0.2) is 5.56 Å². The molecule has 0 aromatic heterocycles. The molecule has 1 saturated heterocycles. The molecule has 0 radical (unpaired) electrons. The van der Waals surface area contributed by atoms with Crippen LogP contribution in [0.3, 0.4) is 0 Å². The van der Waals surface area contributed by atoms with Crippen LogP contribution in [-0.4, -0.2) is 56.4 Å². The number of morpholine rings is 1. The van der Waals surface area contributed by atoms with Crippen LogP contribution >= 0.6 is 0 Å². The molecule has 124 valence electrons.